The maximum Gasteiger partial charge on any atom is 0.460 e. The number of fused-ring (bicyclic) bond motifs is 1. The van der Waals surface area contributed by atoms with E-state index in [0.29, 0.717) is 11.2 Å². The summed E-state index contributed by atoms with van der Waals surface area (Å²) in [6.07, 6.45) is 1.68. The van der Waals surface area contributed by atoms with Crippen LogP contribution in [0.15, 0.2) is 12.7 Å². The molecule has 2 rings (SSSR count). The SMILES string of the molecule is CC(C)OCC(=O)OP(=O)(COCCn1cnc2c(N)ncnc21)OC(=O)COC(C)C. The number of aromatic nitrogens is 4. The van der Waals surface area contributed by atoms with Crippen LogP contribution in [0.5, 0.6) is 0 Å². The summed E-state index contributed by atoms with van der Waals surface area (Å²) in [4.78, 5) is 36.0. The number of nitrogen functional groups attached to an aromatic ring is 1. The quantitative estimate of drug-likeness (QED) is 0.329. The Kier molecular flexibility index (Phi) is 9.51. The molecule has 0 bridgehead atoms. The van der Waals surface area contributed by atoms with Crippen molar-refractivity contribution in [2.75, 3.05) is 31.9 Å². The third-order valence-corrected chi connectivity index (χ3v) is 5.17. The normalized spacial score (nSPS) is 11.9. The molecule has 2 heterocycles. The zero-order chi connectivity index (χ0) is 23.7. The highest BCUT2D eigenvalue weighted by atomic mass is 31.2. The molecule has 32 heavy (non-hydrogen) atoms. The molecule has 0 aliphatic carbocycles. The van der Waals surface area contributed by atoms with Gasteiger partial charge in [-0.1, -0.05) is 0 Å². The average molecular weight is 473 g/mol. The molecule has 0 aliphatic heterocycles. The molecule has 2 aromatic heterocycles. The molecule has 178 valence electrons. The summed E-state index contributed by atoms with van der Waals surface area (Å²) in [7, 11) is -4.27. The molecule has 0 radical (unpaired) electrons. The Morgan fingerprint density at radius 2 is 1.62 bits per heavy atom. The number of imidazole rings is 1. The number of hydrogen-bond acceptors (Lipinski definition) is 12. The molecule has 13 nitrogen and oxygen atoms in total. The van der Waals surface area contributed by atoms with Crippen molar-refractivity contribution in [2.24, 2.45) is 0 Å². The summed E-state index contributed by atoms with van der Waals surface area (Å²) in [5.74, 6) is -1.66. The smallest absolute Gasteiger partial charge is 0.382 e. The first kappa shape index (κ1) is 25.7. The molecule has 0 atom stereocenters. The summed E-state index contributed by atoms with van der Waals surface area (Å²) in [6.45, 7) is 6.26. The van der Waals surface area contributed by atoms with Crippen LogP contribution in [0.25, 0.3) is 11.2 Å². The minimum Gasteiger partial charge on any atom is -0.382 e. The lowest BCUT2D eigenvalue weighted by atomic mass is 10.5. The molecule has 2 aromatic rings. The summed E-state index contributed by atoms with van der Waals surface area (Å²) in [6, 6.07) is 0. The third-order valence-electron chi connectivity index (χ3n) is 3.71. The molecule has 0 aromatic carbocycles. The van der Waals surface area contributed by atoms with E-state index in [4.69, 9.17) is 29.0 Å². The first-order valence-electron chi connectivity index (χ1n) is 9.86. The summed E-state index contributed by atoms with van der Waals surface area (Å²) in [5, 5.41) is 0. The standard InChI is InChI=1S/C18H28N5O8P/c1-12(2)28-7-14(24)30-32(26,31-15(25)8-29-13(3)4)11-27-6-5-23-10-22-16-17(19)20-9-21-18(16)23/h9-10,12-13H,5-8,11H2,1-4H3,(H2,19,20,21). The lowest BCUT2D eigenvalue weighted by Crippen LogP contribution is -2.21. The highest BCUT2D eigenvalue weighted by molar-refractivity contribution is 7.54. The van der Waals surface area contributed by atoms with Crippen LogP contribution in [0.3, 0.4) is 0 Å². The molecular formula is C18H28N5O8P. The summed E-state index contributed by atoms with van der Waals surface area (Å²) >= 11 is 0. The van der Waals surface area contributed by atoms with Gasteiger partial charge >= 0.3 is 19.5 Å². The van der Waals surface area contributed by atoms with Crippen LogP contribution in [0.2, 0.25) is 0 Å². The van der Waals surface area contributed by atoms with E-state index in [9.17, 15) is 14.2 Å². The summed E-state index contributed by atoms with van der Waals surface area (Å²) in [5.41, 5.74) is 6.69. The highest BCUT2D eigenvalue weighted by Crippen LogP contribution is 2.48. The second-order valence-corrected chi connectivity index (χ2v) is 9.01. The molecule has 0 spiro atoms. The van der Waals surface area contributed by atoms with Crippen LogP contribution in [0.4, 0.5) is 5.82 Å². The monoisotopic (exact) mass is 473 g/mol. The Bertz CT molecular complexity index is 934. The van der Waals surface area contributed by atoms with Crippen LogP contribution in [0, 0.1) is 0 Å². The van der Waals surface area contributed by atoms with Crippen LogP contribution in [-0.2, 0) is 44.0 Å². The van der Waals surface area contributed by atoms with Gasteiger partial charge in [0.05, 0.1) is 25.1 Å². The van der Waals surface area contributed by atoms with E-state index >= 15 is 0 Å². The third kappa shape index (κ3) is 8.15. The largest absolute Gasteiger partial charge is 0.460 e. The van der Waals surface area contributed by atoms with Gasteiger partial charge in [0.15, 0.2) is 17.8 Å². The van der Waals surface area contributed by atoms with Crippen LogP contribution < -0.4 is 5.73 Å². The van der Waals surface area contributed by atoms with E-state index in [2.05, 4.69) is 15.0 Å². The fraction of sp³-hybridized carbons (Fsp3) is 0.611. The van der Waals surface area contributed by atoms with Crippen molar-refractivity contribution in [3.8, 4) is 0 Å². The number of hydrogen-bond donors (Lipinski definition) is 1. The lowest BCUT2D eigenvalue weighted by molar-refractivity contribution is -0.146. The molecule has 0 unspecified atom stereocenters. The zero-order valence-corrected chi connectivity index (χ0v) is 19.3. The number of anilines is 1. The van der Waals surface area contributed by atoms with E-state index in [1.165, 1.54) is 12.7 Å². The van der Waals surface area contributed by atoms with Crippen LogP contribution in [-0.4, -0.2) is 69.8 Å². The Labute approximate surface area is 185 Å². The predicted molar refractivity (Wildman–Crippen MR) is 113 cm³/mol. The van der Waals surface area contributed by atoms with Crippen molar-refractivity contribution in [1.82, 2.24) is 19.5 Å². The second kappa shape index (κ2) is 11.9. The van der Waals surface area contributed by atoms with Gasteiger partial charge in [-0.15, -0.1) is 0 Å². The number of rotatable bonds is 13. The molecule has 0 aliphatic rings. The van der Waals surface area contributed by atoms with Gasteiger partial charge in [0.1, 0.15) is 25.1 Å². The summed E-state index contributed by atoms with van der Waals surface area (Å²) < 4.78 is 40.1. The first-order chi connectivity index (χ1) is 15.1. The van der Waals surface area contributed by atoms with Crippen molar-refractivity contribution in [1.29, 1.82) is 0 Å². The van der Waals surface area contributed by atoms with Crippen molar-refractivity contribution < 1.29 is 37.4 Å². The number of carbonyl (C=O) groups excluding carboxylic acids is 2. The molecule has 0 amide bonds. The molecular weight excluding hydrogens is 445 g/mol. The Hall–Kier alpha value is -2.60. The van der Waals surface area contributed by atoms with E-state index in [1.807, 2.05) is 0 Å². The highest BCUT2D eigenvalue weighted by Gasteiger charge is 2.33. The minimum atomic E-state index is -4.27. The molecule has 14 heteroatoms. The minimum absolute atomic E-state index is 0.0272. The fourth-order valence-electron chi connectivity index (χ4n) is 2.31. The Morgan fingerprint density at radius 1 is 1.03 bits per heavy atom. The zero-order valence-electron chi connectivity index (χ0n) is 18.4. The van der Waals surface area contributed by atoms with Crippen molar-refractivity contribution in [2.45, 2.75) is 46.4 Å². The van der Waals surface area contributed by atoms with Crippen molar-refractivity contribution in [3.63, 3.8) is 0 Å². The van der Waals surface area contributed by atoms with Crippen LogP contribution >= 0.6 is 7.60 Å². The van der Waals surface area contributed by atoms with E-state index in [0.717, 1.165) is 0 Å². The topological polar surface area (TPSA) is 167 Å². The molecule has 0 saturated heterocycles. The fourth-order valence-corrected chi connectivity index (χ4v) is 3.53. The Balaban J connectivity index is 1.96. The maximum atomic E-state index is 13.0. The van der Waals surface area contributed by atoms with Gasteiger partial charge in [-0.25, -0.2) is 29.1 Å². The maximum absolute atomic E-state index is 13.0. The van der Waals surface area contributed by atoms with Crippen LogP contribution in [0.1, 0.15) is 27.7 Å². The Morgan fingerprint density at radius 3 is 2.19 bits per heavy atom. The van der Waals surface area contributed by atoms with Gasteiger partial charge in [-0.05, 0) is 27.7 Å². The lowest BCUT2D eigenvalue weighted by Gasteiger charge is -2.19. The van der Waals surface area contributed by atoms with Gasteiger partial charge in [-0.3, -0.25) is 0 Å². The van der Waals surface area contributed by atoms with Gasteiger partial charge in [-0.2, -0.15) is 0 Å². The number of nitrogens with zero attached hydrogens (tertiary/aromatic N) is 4. The average Bonchev–Trinajstić information content (AvgIpc) is 3.12. The second-order valence-electron chi connectivity index (χ2n) is 7.16. The van der Waals surface area contributed by atoms with Gasteiger partial charge in [0.2, 0.25) is 0 Å². The van der Waals surface area contributed by atoms with Crippen molar-refractivity contribution in [3.05, 3.63) is 12.7 Å². The van der Waals surface area contributed by atoms with Crippen molar-refractivity contribution >= 4 is 36.5 Å². The van der Waals surface area contributed by atoms with Gasteiger partial charge in [0.25, 0.3) is 0 Å². The molecule has 2 N–H and O–H groups in total. The van der Waals surface area contributed by atoms with E-state index in [-0.39, 0.29) is 31.2 Å². The number of carbonyl (C=O) groups is 2. The van der Waals surface area contributed by atoms with E-state index < -0.39 is 39.1 Å². The number of nitrogens with two attached hydrogens (primary N) is 1. The van der Waals surface area contributed by atoms with Gasteiger partial charge in [0, 0.05) is 6.54 Å². The first-order valence-corrected chi connectivity index (χ1v) is 11.6. The predicted octanol–water partition coefficient (Wildman–Crippen LogP) is 1.51. The van der Waals surface area contributed by atoms with E-state index in [1.54, 1.807) is 32.3 Å². The molecule has 0 saturated carbocycles. The van der Waals surface area contributed by atoms with Gasteiger partial charge < -0.3 is 33.6 Å². The molecule has 0 fully saturated rings. The number of ether oxygens (including phenoxy) is 3.